The van der Waals surface area contributed by atoms with Gasteiger partial charge in [-0.3, -0.25) is 4.79 Å². The summed E-state index contributed by atoms with van der Waals surface area (Å²) >= 11 is 0. The number of aromatic amines is 1. The number of nitrogens with one attached hydrogen (secondary N) is 1. The Hall–Kier alpha value is -3.86. The summed E-state index contributed by atoms with van der Waals surface area (Å²) in [5.41, 5.74) is 6.75. The number of amides is 1. The molecule has 3 aromatic carbocycles. The first kappa shape index (κ1) is 20.1. The SMILES string of the molecule is O=C(Cc1ccc(-c2ccccc2)cc1)N1CCN(Cc2c[nH]cn2)c2ccccc2C1. The molecule has 0 saturated heterocycles. The second-order valence-corrected chi connectivity index (χ2v) is 8.17. The maximum Gasteiger partial charge on any atom is 0.227 e. The van der Waals surface area contributed by atoms with Gasteiger partial charge in [-0.15, -0.1) is 0 Å². The monoisotopic (exact) mass is 422 g/mol. The third-order valence-electron chi connectivity index (χ3n) is 6.01. The van der Waals surface area contributed by atoms with Crippen LogP contribution in [0.4, 0.5) is 5.69 Å². The molecule has 0 unspecified atom stereocenters. The lowest BCUT2D eigenvalue weighted by atomic mass is 10.0. The molecule has 160 valence electrons. The van der Waals surface area contributed by atoms with E-state index in [1.807, 2.05) is 35.4 Å². The van der Waals surface area contributed by atoms with Crippen LogP contribution in [0.15, 0.2) is 91.4 Å². The molecule has 1 aliphatic rings. The highest BCUT2D eigenvalue weighted by molar-refractivity contribution is 5.79. The molecular formula is C27H26N4O. The van der Waals surface area contributed by atoms with Gasteiger partial charge >= 0.3 is 0 Å². The van der Waals surface area contributed by atoms with Crippen molar-refractivity contribution >= 4 is 11.6 Å². The van der Waals surface area contributed by atoms with Crippen LogP contribution in [0.3, 0.4) is 0 Å². The maximum absolute atomic E-state index is 13.2. The van der Waals surface area contributed by atoms with E-state index in [0.717, 1.165) is 24.3 Å². The molecule has 1 N–H and O–H groups in total. The zero-order valence-corrected chi connectivity index (χ0v) is 17.9. The highest BCUT2D eigenvalue weighted by Gasteiger charge is 2.23. The topological polar surface area (TPSA) is 52.2 Å². The summed E-state index contributed by atoms with van der Waals surface area (Å²) in [6.45, 7) is 2.83. The average Bonchev–Trinajstić information content (AvgIpc) is 3.28. The second-order valence-electron chi connectivity index (χ2n) is 8.17. The highest BCUT2D eigenvalue weighted by Crippen LogP contribution is 2.27. The number of H-pyrrole nitrogens is 1. The molecule has 1 amide bonds. The van der Waals surface area contributed by atoms with E-state index in [1.54, 1.807) is 6.33 Å². The average molecular weight is 423 g/mol. The van der Waals surface area contributed by atoms with Gasteiger partial charge in [-0.25, -0.2) is 4.98 Å². The second kappa shape index (κ2) is 9.10. The Bertz CT molecular complexity index is 1170. The molecule has 2 heterocycles. The zero-order chi connectivity index (χ0) is 21.8. The number of carbonyl (C=O) groups is 1. The minimum atomic E-state index is 0.161. The number of fused-ring (bicyclic) bond motifs is 1. The fourth-order valence-corrected chi connectivity index (χ4v) is 4.28. The molecule has 1 aromatic heterocycles. The number of carbonyl (C=O) groups excluding carboxylic acids is 1. The molecule has 5 nitrogen and oxygen atoms in total. The van der Waals surface area contributed by atoms with E-state index >= 15 is 0 Å². The number of benzene rings is 3. The van der Waals surface area contributed by atoms with Crippen LogP contribution in [-0.4, -0.2) is 33.9 Å². The van der Waals surface area contributed by atoms with Crippen LogP contribution < -0.4 is 4.90 Å². The fourth-order valence-electron chi connectivity index (χ4n) is 4.28. The number of imidazole rings is 1. The van der Waals surface area contributed by atoms with Crippen LogP contribution in [0, 0.1) is 0 Å². The smallest absolute Gasteiger partial charge is 0.227 e. The van der Waals surface area contributed by atoms with Crippen molar-refractivity contribution in [1.82, 2.24) is 14.9 Å². The minimum Gasteiger partial charge on any atom is -0.364 e. The molecule has 32 heavy (non-hydrogen) atoms. The minimum absolute atomic E-state index is 0.161. The van der Waals surface area contributed by atoms with Crippen LogP contribution in [0.25, 0.3) is 11.1 Å². The first-order chi connectivity index (χ1) is 15.8. The molecule has 5 heteroatoms. The number of para-hydroxylation sites is 1. The first-order valence-corrected chi connectivity index (χ1v) is 11.0. The van der Waals surface area contributed by atoms with Gasteiger partial charge in [0.15, 0.2) is 0 Å². The van der Waals surface area contributed by atoms with Crippen LogP contribution in [0.5, 0.6) is 0 Å². The number of aromatic nitrogens is 2. The van der Waals surface area contributed by atoms with Crippen molar-refractivity contribution in [2.75, 3.05) is 18.0 Å². The van der Waals surface area contributed by atoms with E-state index in [1.165, 1.54) is 22.4 Å². The summed E-state index contributed by atoms with van der Waals surface area (Å²) in [5.74, 6) is 0.161. The molecule has 0 atom stereocenters. The van der Waals surface area contributed by atoms with E-state index in [2.05, 4.69) is 69.5 Å². The lowest BCUT2D eigenvalue weighted by Crippen LogP contribution is -2.36. The number of anilines is 1. The molecule has 0 saturated carbocycles. The largest absolute Gasteiger partial charge is 0.364 e. The molecule has 4 aromatic rings. The van der Waals surface area contributed by atoms with Gasteiger partial charge in [-0.1, -0.05) is 72.8 Å². The number of hydrogen-bond donors (Lipinski definition) is 1. The van der Waals surface area contributed by atoms with Crippen molar-refractivity contribution in [1.29, 1.82) is 0 Å². The van der Waals surface area contributed by atoms with E-state index in [9.17, 15) is 4.79 Å². The summed E-state index contributed by atoms with van der Waals surface area (Å²) < 4.78 is 0. The van der Waals surface area contributed by atoms with Crippen molar-refractivity contribution in [3.8, 4) is 11.1 Å². The van der Waals surface area contributed by atoms with Crippen molar-refractivity contribution in [2.45, 2.75) is 19.5 Å². The third kappa shape index (κ3) is 4.42. The van der Waals surface area contributed by atoms with Crippen LogP contribution >= 0.6 is 0 Å². The number of nitrogens with zero attached hydrogens (tertiary/aromatic N) is 3. The van der Waals surface area contributed by atoms with Gasteiger partial charge in [0, 0.05) is 31.5 Å². The fraction of sp³-hybridized carbons (Fsp3) is 0.185. The third-order valence-corrected chi connectivity index (χ3v) is 6.01. The molecule has 0 spiro atoms. The Morgan fingerprint density at radius 1 is 0.875 bits per heavy atom. The van der Waals surface area contributed by atoms with Gasteiger partial charge in [0.25, 0.3) is 0 Å². The van der Waals surface area contributed by atoms with E-state index in [0.29, 0.717) is 19.5 Å². The summed E-state index contributed by atoms with van der Waals surface area (Å²) in [6, 6.07) is 27.0. The Labute approximate surface area is 188 Å². The highest BCUT2D eigenvalue weighted by atomic mass is 16.2. The van der Waals surface area contributed by atoms with Crippen molar-refractivity contribution < 1.29 is 4.79 Å². The van der Waals surface area contributed by atoms with Crippen LogP contribution in [0.1, 0.15) is 16.8 Å². The molecule has 5 rings (SSSR count). The lowest BCUT2D eigenvalue weighted by Gasteiger charge is -2.24. The molecule has 0 fully saturated rings. The summed E-state index contributed by atoms with van der Waals surface area (Å²) in [5, 5.41) is 0. The van der Waals surface area contributed by atoms with Gasteiger partial charge in [0.1, 0.15) is 0 Å². The lowest BCUT2D eigenvalue weighted by molar-refractivity contribution is -0.130. The maximum atomic E-state index is 13.2. The van der Waals surface area contributed by atoms with Gasteiger partial charge in [-0.05, 0) is 28.3 Å². The Morgan fingerprint density at radius 3 is 2.41 bits per heavy atom. The molecule has 0 radical (unpaired) electrons. The molecule has 0 aliphatic carbocycles. The van der Waals surface area contributed by atoms with E-state index in [4.69, 9.17) is 0 Å². The van der Waals surface area contributed by atoms with Crippen molar-refractivity contribution in [2.24, 2.45) is 0 Å². The molecule has 1 aliphatic heterocycles. The Morgan fingerprint density at radius 2 is 1.62 bits per heavy atom. The van der Waals surface area contributed by atoms with E-state index in [-0.39, 0.29) is 5.91 Å². The van der Waals surface area contributed by atoms with Gasteiger partial charge in [0.05, 0.1) is 25.0 Å². The predicted octanol–water partition coefficient (Wildman–Crippen LogP) is 4.67. The van der Waals surface area contributed by atoms with Gasteiger partial charge in [0.2, 0.25) is 5.91 Å². The van der Waals surface area contributed by atoms with Gasteiger partial charge < -0.3 is 14.8 Å². The summed E-state index contributed by atoms with van der Waals surface area (Å²) in [6.07, 6.45) is 4.05. The summed E-state index contributed by atoms with van der Waals surface area (Å²) in [4.78, 5) is 24.9. The number of hydrogen-bond acceptors (Lipinski definition) is 3. The van der Waals surface area contributed by atoms with E-state index < -0.39 is 0 Å². The van der Waals surface area contributed by atoms with Crippen LogP contribution in [0.2, 0.25) is 0 Å². The van der Waals surface area contributed by atoms with Gasteiger partial charge in [-0.2, -0.15) is 0 Å². The molecular weight excluding hydrogens is 396 g/mol. The van der Waals surface area contributed by atoms with Crippen molar-refractivity contribution in [3.05, 3.63) is 108 Å². The standard InChI is InChI=1S/C27H26N4O/c32-27(16-21-10-12-23(13-11-21)22-6-2-1-3-7-22)31-15-14-30(19-25-17-28-20-29-25)26-9-5-4-8-24(26)18-31/h1-13,17,20H,14-16,18-19H2,(H,28,29). The predicted molar refractivity (Wildman–Crippen MR) is 127 cm³/mol. The molecule has 0 bridgehead atoms. The Kier molecular flexibility index (Phi) is 5.71. The quantitative estimate of drug-likeness (QED) is 0.509. The normalized spacial score (nSPS) is 13.5. The first-order valence-electron chi connectivity index (χ1n) is 11.0. The van der Waals surface area contributed by atoms with Crippen LogP contribution in [-0.2, 0) is 24.3 Å². The number of rotatable bonds is 5. The zero-order valence-electron chi connectivity index (χ0n) is 17.9. The van der Waals surface area contributed by atoms with Crippen molar-refractivity contribution in [3.63, 3.8) is 0 Å². The Balaban J connectivity index is 1.29. The summed E-state index contributed by atoms with van der Waals surface area (Å²) in [7, 11) is 0.